The number of nitrogens with zero attached hydrogens (tertiary/aromatic N) is 4. The van der Waals surface area contributed by atoms with Crippen LogP contribution in [0.4, 0.5) is 5.82 Å². The monoisotopic (exact) mass is 360 g/mol. The largest absolute Gasteiger partial charge is 0.458 e. The van der Waals surface area contributed by atoms with Gasteiger partial charge in [-0.3, -0.25) is 4.57 Å². The van der Waals surface area contributed by atoms with Gasteiger partial charge < -0.3 is 30.4 Å². The lowest BCUT2D eigenvalue weighted by atomic mass is 10.1. The van der Waals surface area contributed by atoms with Crippen LogP contribution >= 0.6 is 0 Å². The number of nitrogens with two attached hydrogens (primary N) is 1. The molecule has 0 aromatic carbocycles. The van der Waals surface area contributed by atoms with E-state index in [0.717, 1.165) is 0 Å². The van der Waals surface area contributed by atoms with Crippen LogP contribution in [0.25, 0.3) is 11.2 Å². The molecule has 136 valence electrons. The lowest BCUT2D eigenvalue weighted by molar-refractivity contribution is -0.0566. The zero-order valence-electron chi connectivity index (χ0n) is 13.4. The van der Waals surface area contributed by atoms with Gasteiger partial charge >= 0.3 is 5.97 Å². The van der Waals surface area contributed by atoms with Crippen molar-refractivity contribution in [3.63, 3.8) is 0 Å². The average molecular weight is 360 g/mol. The van der Waals surface area contributed by atoms with Crippen LogP contribution in [-0.2, 0) is 9.47 Å². The Kier molecular flexibility index (Phi) is 4.03. The highest BCUT2D eigenvalue weighted by Crippen LogP contribution is 2.32. The zero-order chi connectivity index (χ0) is 18.3. The van der Waals surface area contributed by atoms with Gasteiger partial charge in [-0.15, -0.1) is 0 Å². The van der Waals surface area contributed by atoms with Crippen LogP contribution in [0.15, 0.2) is 31.0 Å². The predicted octanol–water partition coefficient (Wildman–Crippen LogP) is -0.787. The van der Waals surface area contributed by atoms with E-state index in [4.69, 9.17) is 15.2 Å². The van der Waals surface area contributed by atoms with E-state index in [-0.39, 0.29) is 18.1 Å². The number of aliphatic hydroxyl groups excluding tert-OH is 2. The normalized spacial score (nSPS) is 25.6. The molecule has 5 N–H and O–H groups in total. The summed E-state index contributed by atoms with van der Waals surface area (Å²) in [6.45, 7) is -0.226. The Labute approximate surface area is 146 Å². The van der Waals surface area contributed by atoms with Crippen molar-refractivity contribution < 1.29 is 24.5 Å². The minimum Gasteiger partial charge on any atom is -0.458 e. The number of rotatable bonds is 4. The summed E-state index contributed by atoms with van der Waals surface area (Å²) in [6.07, 6.45) is -0.142. The number of aliphatic hydroxyl groups is 2. The number of hydrogen-bond donors (Lipinski definition) is 4. The van der Waals surface area contributed by atoms with Crippen molar-refractivity contribution >= 4 is 23.0 Å². The van der Waals surface area contributed by atoms with Gasteiger partial charge in [0.2, 0.25) is 0 Å². The molecule has 0 amide bonds. The molecule has 1 fully saturated rings. The summed E-state index contributed by atoms with van der Waals surface area (Å²) in [5.41, 5.74) is 6.74. The van der Waals surface area contributed by atoms with E-state index in [1.807, 2.05) is 0 Å². The number of hydrogen-bond acceptors (Lipinski definition) is 9. The molecule has 0 aliphatic carbocycles. The van der Waals surface area contributed by atoms with Crippen LogP contribution in [0.5, 0.6) is 0 Å². The Bertz CT molecular complexity index is 926. The zero-order valence-corrected chi connectivity index (χ0v) is 13.4. The van der Waals surface area contributed by atoms with Gasteiger partial charge in [0.05, 0.1) is 6.33 Å². The third-order valence-electron chi connectivity index (χ3n) is 4.19. The fourth-order valence-electron chi connectivity index (χ4n) is 2.85. The lowest BCUT2D eigenvalue weighted by Crippen LogP contribution is -2.34. The van der Waals surface area contributed by atoms with Crippen LogP contribution in [0.1, 0.15) is 16.7 Å². The summed E-state index contributed by atoms with van der Waals surface area (Å²) in [5, 5.41) is 20.6. The molecule has 11 nitrogen and oxygen atoms in total. The van der Waals surface area contributed by atoms with Gasteiger partial charge in [-0.25, -0.2) is 19.7 Å². The molecule has 0 bridgehead atoms. The molecular weight excluding hydrogens is 344 g/mol. The Morgan fingerprint density at radius 2 is 2.19 bits per heavy atom. The first-order valence-corrected chi connectivity index (χ1v) is 7.81. The van der Waals surface area contributed by atoms with E-state index in [9.17, 15) is 15.0 Å². The SMILES string of the molecule is Nc1ncnc2c1ncn2[C@@H]1O[C@H](COC(=O)c2ccc[nH]2)[C@@H](O)[C@H]1O. The van der Waals surface area contributed by atoms with Crippen molar-refractivity contribution in [1.82, 2.24) is 24.5 Å². The third-order valence-corrected chi connectivity index (χ3v) is 4.19. The number of anilines is 1. The number of carbonyl (C=O) groups is 1. The average Bonchev–Trinajstić information content (AvgIpc) is 3.35. The van der Waals surface area contributed by atoms with Crippen molar-refractivity contribution in [2.45, 2.75) is 24.5 Å². The number of nitrogens with one attached hydrogen (secondary N) is 1. The number of esters is 1. The lowest BCUT2D eigenvalue weighted by Gasteiger charge is -2.16. The molecule has 0 unspecified atom stereocenters. The second-order valence-corrected chi connectivity index (χ2v) is 5.81. The minimum atomic E-state index is -1.27. The molecule has 3 aromatic heterocycles. The van der Waals surface area contributed by atoms with Gasteiger partial charge in [-0.1, -0.05) is 0 Å². The summed E-state index contributed by atoms with van der Waals surface area (Å²) < 4.78 is 12.3. The van der Waals surface area contributed by atoms with Crippen molar-refractivity contribution in [3.05, 3.63) is 36.7 Å². The van der Waals surface area contributed by atoms with E-state index < -0.39 is 30.5 Å². The van der Waals surface area contributed by atoms with Crippen LogP contribution in [-0.4, -0.2) is 65.6 Å². The number of nitrogen functional groups attached to an aromatic ring is 1. The molecule has 0 saturated carbocycles. The number of ether oxygens (including phenoxy) is 2. The number of carbonyl (C=O) groups excluding carboxylic acids is 1. The summed E-state index contributed by atoms with van der Waals surface area (Å²) >= 11 is 0. The second-order valence-electron chi connectivity index (χ2n) is 5.81. The fraction of sp³-hybridized carbons (Fsp3) is 0.333. The smallest absolute Gasteiger partial charge is 0.354 e. The Morgan fingerprint density at radius 3 is 2.96 bits per heavy atom. The molecule has 1 aliphatic rings. The fourth-order valence-corrected chi connectivity index (χ4v) is 2.85. The van der Waals surface area contributed by atoms with E-state index in [1.165, 1.54) is 17.2 Å². The quantitative estimate of drug-likeness (QED) is 0.437. The van der Waals surface area contributed by atoms with E-state index in [0.29, 0.717) is 11.2 Å². The Balaban J connectivity index is 1.50. The highest BCUT2D eigenvalue weighted by molar-refractivity contribution is 5.87. The van der Waals surface area contributed by atoms with E-state index in [1.54, 1.807) is 18.3 Å². The van der Waals surface area contributed by atoms with Crippen molar-refractivity contribution in [2.24, 2.45) is 0 Å². The summed E-state index contributed by atoms with van der Waals surface area (Å²) in [5.74, 6) is -0.393. The predicted molar refractivity (Wildman–Crippen MR) is 86.7 cm³/mol. The van der Waals surface area contributed by atoms with Crippen molar-refractivity contribution in [3.8, 4) is 0 Å². The van der Waals surface area contributed by atoms with Crippen molar-refractivity contribution in [1.29, 1.82) is 0 Å². The molecule has 3 aromatic rings. The molecule has 0 spiro atoms. The molecule has 0 radical (unpaired) electrons. The number of imidazole rings is 1. The van der Waals surface area contributed by atoms with E-state index >= 15 is 0 Å². The standard InChI is InChI=1S/C15H16N6O5/c16-12-9-13(19-5-18-12)21(6-20-9)14-11(23)10(22)8(26-14)4-25-15(24)7-2-1-3-17-7/h1-3,5-6,8,10-11,14,17,22-23H,4H2,(H2,16,18,19)/t8-,10-,11-,14-/m1/s1. The number of H-pyrrole nitrogens is 1. The van der Waals surface area contributed by atoms with Gasteiger partial charge in [-0.05, 0) is 12.1 Å². The number of aromatic amines is 1. The second kappa shape index (κ2) is 6.37. The molecule has 4 rings (SSSR count). The molecule has 4 heterocycles. The summed E-state index contributed by atoms with van der Waals surface area (Å²) in [7, 11) is 0. The van der Waals surface area contributed by atoms with Gasteiger partial charge in [-0.2, -0.15) is 0 Å². The van der Waals surface area contributed by atoms with Crippen molar-refractivity contribution in [2.75, 3.05) is 12.3 Å². The highest BCUT2D eigenvalue weighted by Gasteiger charge is 2.45. The molecule has 4 atom stereocenters. The number of fused-ring (bicyclic) bond motifs is 1. The van der Waals surface area contributed by atoms with Crippen LogP contribution in [0.3, 0.4) is 0 Å². The first-order valence-electron chi connectivity index (χ1n) is 7.81. The molecule has 1 saturated heterocycles. The topological polar surface area (TPSA) is 161 Å². The van der Waals surface area contributed by atoms with Gasteiger partial charge in [0.25, 0.3) is 0 Å². The minimum absolute atomic E-state index is 0.193. The summed E-state index contributed by atoms with van der Waals surface area (Å²) in [6, 6.07) is 3.22. The molecule has 11 heteroatoms. The molecule has 26 heavy (non-hydrogen) atoms. The third kappa shape index (κ3) is 2.67. The van der Waals surface area contributed by atoms with E-state index in [2.05, 4.69) is 19.9 Å². The Hall–Kier alpha value is -3.02. The van der Waals surface area contributed by atoms with Crippen LogP contribution in [0.2, 0.25) is 0 Å². The first kappa shape index (κ1) is 16.4. The van der Waals surface area contributed by atoms with Gasteiger partial charge in [0, 0.05) is 6.20 Å². The maximum Gasteiger partial charge on any atom is 0.354 e. The first-order chi connectivity index (χ1) is 12.6. The molecule has 1 aliphatic heterocycles. The summed E-state index contributed by atoms with van der Waals surface area (Å²) in [4.78, 5) is 26.6. The maximum absolute atomic E-state index is 11.9. The van der Waals surface area contributed by atoms with Crippen LogP contribution in [0, 0.1) is 0 Å². The Morgan fingerprint density at radius 1 is 1.35 bits per heavy atom. The maximum atomic E-state index is 11.9. The number of aromatic nitrogens is 5. The van der Waals surface area contributed by atoms with Crippen LogP contribution < -0.4 is 5.73 Å². The highest BCUT2D eigenvalue weighted by atomic mass is 16.6. The van der Waals surface area contributed by atoms with Gasteiger partial charge in [0.1, 0.15) is 42.5 Å². The van der Waals surface area contributed by atoms with Gasteiger partial charge in [0.15, 0.2) is 17.7 Å². The molecular formula is C15H16N6O5.